The van der Waals surface area contributed by atoms with Crippen LogP contribution >= 0.6 is 11.6 Å². The molecule has 1 heterocycles. The van der Waals surface area contributed by atoms with E-state index in [1.165, 1.54) is 10.9 Å². The lowest BCUT2D eigenvalue weighted by atomic mass is 10.0. The van der Waals surface area contributed by atoms with E-state index in [1.54, 1.807) is 0 Å². The minimum absolute atomic E-state index is 0.0314. The van der Waals surface area contributed by atoms with Gasteiger partial charge in [0.05, 0.1) is 17.8 Å². The molecule has 0 amide bonds. The molecule has 2 rings (SSSR count). The van der Waals surface area contributed by atoms with Crippen molar-refractivity contribution in [2.24, 2.45) is 0 Å². The van der Waals surface area contributed by atoms with Crippen LogP contribution in [0.25, 0.3) is 5.69 Å². The van der Waals surface area contributed by atoms with Crippen molar-refractivity contribution in [3.63, 3.8) is 0 Å². The number of aryl methyl sites for hydroxylation is 3. The van der Waals surface area contributed by atoms with Gasteiger partial charge in [0, 0.05) is 5.56 Å². The van der Waals surface area contributed by atoms with Crippen molar-refractivity contribution < 1.29 is 8.78 Å². The zero-order valence-electron chi connectivity index (χ0n) is 11.0. The SMILES string of the molecule is Cc1cc(C)c(-n2ncc(CCl)c2C(F)F)c(C)c1. The van der Waals surface area contributed by atoms with E-state index < -0.39 is 6.43 Å². The number of halogens is 3. The zero-order chi connectivity index (χ0) is 14.2. The van der Waals surface area contributed by atoms with Crippen LogP contribution < -0.4 is 0 Å². The Bertz CT molecular complexity index is 582. The first-order chi connectivity index (χ1) is 8.95. The van der Waals surface area contributed by atoms with E-state index in [2.05, 4.69) is 5.10 Å². The van der Waals surface area contributed by atoms with Crippen molar-refractivity contribution in [1.82, 2.24) is 9.78 Å². The molecule has 0 aliphatic rings. The summed E-state index contributed by atoms with van der Waals surface area (Å²) in [6.45, 7) is 5.77. The van der Waals surface area contributed by atoms with E-state index in [9.17, 15) is 8.78 Å². The molecule has 5 heteroatoms. The average molecular weight is 285 g/mol. The summed E-state index contributed by atoms with van der Waals surface area (Å²) < 4.78 is 27.7. The largest absolute Gasteiger partial charge is 0.280 e. The van der Waals surface area contributed by atoms with Crippen LogP contribution in [0, 0.1) is 20.8 Å². The monoisotopic (exact) mass is 284 g/mol. The molecule has 0 radical (unpaired) electrons. The number of hydrogen-bond donors (Lipinski definition) is 0. The fraction of sp³-hybridized carbons (Fsp3) is 0.357. The Labute approximate surface area is 116 Å². The van der Waals surface area contributed by atoms with E-state index in [0.717, 1.165) is 16.7 Å². The first-order valence-corrected chi connectivity index (χ1v) is 6.48. The maximum atomic E-state index is 13.2. The van der Waals surface area contributed by atoms with Gasteiger partial charge in [0.1, 0.15) is 5.69 Å². The van der Waals surface area contributed by atoms with Gasteiger partial charge < -0.3 is 0 Å². The van der Waals surface area contributed by atoms with Gasteiger partial charge in [-0.05, 0) is 31.9 Å². The Hall–Kier alpha value is -1.42. The van der Waals surface area contributed by atoms with Crippen molar-refractivity contribution in [2.75, 3.05) is 0 Å². The predicted molar refractivity (Wildman–Crippen MR) is 72.3 cm³/mol. The highest BCUT2D eigenvalue weighted by Crippen LogP contribution is 2.29. The second-order valence-corrected chi connectivity index (χ2v) is 4.92. The van der Waals surface area contributed by atoms with E-state index in [0.29, 0.717) is 11.3 Å². The highest BCUT2D eigenvalue weighted by molar-refractivity contribution is 6.17. The Morgan fingerprint density at radius 2 is 1.79 bits per heavy atom. The predicted octanol–water partition coefficient (Wildman–Crippen LogP) is 4.47. The molecule has 0 spiro atoms. The summed E-state index contributed by atoms with van der Waals surface area (Å²) >= 11 is 5.70. The molecule has 0 atom stereocenters. The summed E-state index contributed by atoms with van der Waals surface area (Å²) in [4.78, 5) is 0. The maximum Gasteiger partial charge on any atom is 0.280 e. The van der Waals surface area contributed by atoms with Gasteiger partial charge >= 0.3 is 0 Å². The highest BCUT2D eigenvalue weighted by atomic mass is 35.5. The Kier molecular flexibility index (Phi) is 3.90. The van der Waals surface area contributed by atoms with E-state index in [4.69, 9.17) is 11.6 Å². The van der Waals surface area contributed by atoms with Crippen LogP contribution in [0.3, 0.4) is 0 Å². The molecule has 1 aromatic carbocycles. The van der Waals surface area contributed by atoms with Crippen LogP contribution in [-0.4, -0.2) is 9.78 Å². The van der Waals surface area contributed by atoms with Crippen molar-refractivity contribution in [3.8, 4) is 5.69 Å². The first kappa shape index (κ1) is 14.0. The molecule has 2 nitrogen and oxygen atoms in total. The fourth-order valence-corrected chi connectivity index (χ4v) is 2.62. The van der Waals surface area contributed by atoms with Crippen LogP contribution in [0.2, 0.25) is 0 Å². The van der Waals surface area contributed by atoms with Crippen LogP contribution in [0.1, 0.15) is 34.4 Å². The minimum atomic E-state index is -2.60. The third-order valence-electron chi connectivity index (χ3n) is 3.08. The van der Waals surface area contributed by atoms with Gasteiger partial charge in [0.25, 0.3) is 6.43 Å². The molecule has 0 aliphatic carbocycles. The van der Waals surface area contributed by atoms with Crippen LogP contribution in [0.15, 0.2) is 18.3 Å². The van der Waals surface area contributed by atoms with Crippen molar-refractivity contribution >= 4 is 11.6 Å². The van der Waals surface area contributed by atoms with Gasteiger partial charge in [-0.3, -0.25) is 0 Å². The maximum absolute atomic E-state index is 13.2. The van der Waals surface area contributed by atoms with Crippen molar-refractivity contribution in [2.45, 2.75) is 33.1 Å². The van der Waals surface area contributed by atoms with Crippen LogP contribution in [0.4, 0.5) is 8.78 Å². The smallest absolute Gasteiger partial charge is 0.231 e. The number of aromatic nitrogens is 2. The summed E-state index contributed by atoms with van der Waals surface area (Å²) in [6.07, 6.45) is -1.19. The molecule has 102 valence electrons. The van der Waals surface area contributed by atoms with E-state index in [-0.39, 0.29) is 11.6 Å². The standard InChI is InChI=1S/C14H15ClF2N2/c1-8-4-9(2)12(10(3)5-8)19-13(14(16)17)11(6-15)7-18-19/h4-5,7,14H,6H2,1-3H3. The van der Waals surface area contributed by atoms with Crippen molar-refractivity contribution in [1.29, 1.82) is 0 Å². The lowest BCUT2D eigenvalue weighted by molar-refractivity contribution is 0.142. The summed E-state index contributed by atoms with van der Waals surface area (Å²) in [7, 11) is 0. The molecule has 2 aromatic rings. The van der Waals surface area contributed by atoms with Gasteiger partial charge in [0.15, 0.2) is 0 Å². The highest BCUT2D eigenvalue weighted by Gasteiger charge is 2.22. The van der Waals surface area contributed by atoms with Gasteiger partial charge in [-0.1, -0.05) is 17.7 Å². The molecule has 1 aromatic heterocycles. The summed E-state index contributed by atoms with van der Waals surface area (Å²) in [5.74, 6) is 0.0314. The zero-order valence-corrected chi connectivity index (χ0v) is 11.8. The van der Waals surface area contributed by atoms with Gasteiger partial charge in [-0.15, -0.1) is 11.6 Å². The minimum Gasteiger partial charge on any atom is -0.231 e. The Morgan fingerprint density at radius 3 is 2.26 bits per heavy atom. The lowest BCUT2D eigenvalue weighted by Crippen LogP contribution is -2.08. The molecule has 19 heavy (non-hydrogen) atoms. The summed E-state index contributed by atoms with van der Waals surface area (Å²) in [6, 6.07) is 3.92. The normalized spacial score (nSPS) is 11.3. The second-order valence-electron chi connectivity index (χ2n) is 4.65. The molecule has 0 fully saturated rings. The Morgan fingerprint density at radius 1 is 1.21 bits per heavy atom. The number of nitrogens with zero attached hydrogens (tertiary/aromatic N) is 2. The number of alkyl halides is 3. The van der Waals surface area contributed by atoms with Crippen molar-refractivity contribution in [3.05, 3.63) is 46.3 Å². The summed E-state index contributed by atoms with van der Waals surface area (Å²) in [5.41, 5.74) is 3.90. The molecule has 0 saturated heterocycles. The first-order valence-electron chi connectivity index (χ1n) is 5.94. The van der Waals surface area contributed by atoms with Gasteiger partial charge in [0.2, 0.25) is 0 Å². The van der Waals surface area contributed by atoms with Crippen LogP contribution in [0.5, 0.6) is 0 Å². The molecule has 0 bridgehead atoms. The number of benzene rings is 1. The number of rotatable bonds is 3. The fourth-order valence-electron chi connectivity index (χ4n) is 2.41. The Balaban J connectivity index is 2.69. The average Bonchev–Trinajstić information content (AvgIpc) is 2.71. The molecular formula is C14H15ClF2N2. The molecular weight excluding hydrogens is 270 g/mol. The van der Waals surface area contributed by atoms with E-state index >= 15 is 0 Å². The lowest BCUT2D eigenvalue weighted by Gasteiger charge is -2.14. The topological polar surface area (TPSA) is 17.8 Å². The van der Waals surface area contributed by atoms with E-state index in [1.807, 2.05) is 32.9 Å². The molecule has 0 unspecified atom stereocenters. The van der Waals surface area contributed by atoms with Crippen LogP contribution in [-0.2, 0) is 5.88 Å². The summed E-state index contributed by atoms with van der Waals surface area (Å²) in [5, 5.41) is 4.08. The quantitative estimate of drug-likeness (QED) is 0.760. The second kappa shape index (κ2) is 5.29. The van der Waals surface area contributed by atoms with Gasteiger partial charge in [-0.25, -0.2) is 13.5 Å². The molecule has 0 saturated carbocycles. The number of hydrogen-bond acceptors (Lipinski definition) is 1. The molecule has 0 aliphatic heterocycles. The third kappa shape index (κ3) is 2.50. The molecule has 0 N–H and O–H groups in total. The van der Waals surface area contributed by atoms with Gasteiger partial charge in [-0.2, -0.15) is 5.10 Å². The third-order valence-corrected chi connectivity index (χ3v) is 3.37.